The van der Waals surface area contributed by atoms with Crippen LogP contribution in [0.2, 0.25) is 0 Å². The van der Waals surface area contributed by atoms with Gasteiger partial charge in [-0.2, -0.15) is 0 Å². The second-order valence-electron chi connectivity index (χ2n) is 8.01. The number of amides is 1. The SMILES string of the molecule is CC(C)(C)C(=O)c1c[nH]c2ncc(-n3ccc(C(=O)N4CCCC4)c3)nc12. The number of fused-ring (bicyclic) bond motifs is 1. The summed E-state index contributed by atoms with van der Waals surface area (Å²) in [5.74, 6) is 0.633. The molecule has 1 N–H and O–H groups in total. The van der Waals surface area contributed by atoms with Gasteiger partial charge in [0.25, 0.3) is 5.91 Å². The van der Waals surface area contributed by atoms with E-state index in [9.17, 15) is 9.59 Å². The zero-order valence-electron chi connectivity index (χ0n) is 15.8. The Labute approximate surface area is 157 Å². The molecule has 1 amide bonds. The molecule has 0 bridgehead atoms. The van der Waals surface area contributed by atoms with Crippen LogP contribution in [0.4, 0.5) is 0 Å². The first-order valence-corrected chi connectivity index (χ1v) is 9.21. The van der Waals surface area contributed by atoms with Gasteiger partial charge in [0, 0.05) is 37.1 Å². The lowest BCUT2D eigenvalue weighted by atomic mass is 9.87. The number of aromatic nitrogens is 4. The molecule has 0 spiro atoms. The van der Waals surface area contributed by atoms with Gasteiger partial charge in [-0.05, 0) is 18.9 Å². The summed E-state index contributed by atoms with van der Waals surface area (Å²) >= 11 is 0. The molecule has 140 valence electrons. The summed E-state index contributed by atoms with van der Waals surface area (Å²) in [4.78, 5) is 39.1. The number of nitrogens with one attached hydrogen (secondary N) is 1. The van der Waals surface area contributed by atoms with Gasteiger partial charge in [-0.3, -0.25) is 9.59 Å². The van der Waals surface area contributed by atoms with Gasteiger partial charge in [-0.25, -0.2) is 9.97 Å². The number of rotatable bonds is 3. The Bertz CT molecular complexity index is 1020. The van der Waals surface area contributed by atoms with Crippen molar-refractivity contribution < 1.29 is 9.59 Å². The third kappa shape index (κ3) is 3.13. The zero-order valence-corrected chi connectivity index (χ0v) is 15.8. The quantitative estimate of drug-likeness (QED) is 0.722. The van der Waals surface area contributed by atoms with Gasteiger partial charge in [0.15, 0.2) is 17.2 Å². The van der Waals surface area contributed by atoms with E-state index < -0.39 is 5.41 Å². The summed E-state index contributed by atoms with van der Waals surface area (Å²) in [6, 6.07) is 1.80. The minimum Gasteiger partial charge on any atom is -0.344 e. The summed E-state index contributed by atoms with van der Waals surface area (Å²) < 4.78 is 1.77. The average Bonchev–Trinajstić information content (AvgIpc) is 3.39. The van der Waals surface area contributed by atoms with Crippen LogP contribution >= 0.6 is 0 Å². The van der Waals surface area contributed by atoms with Crippen molar-refractivity contribution in [3.8, 4) is 5.82 Å². The number of aromatic amines is 1. The van der Waals surface area contributed by atoms with Crippen LogP contribution in [-0.4, -0.2) is 49.2 Å². The van der Waals surface area contributed by atoms with Gasteiger partial charge in [-0.15, -0.1) is 0 Å². The molecule has 1 aliphatic heterocycles. The minimum atomic E-state index is -0.504. The Morgan fingerprint density at radius 3 is 2.63 bits per heavy atom. The maximum absolute atomic E-state index is 12.7. The van der Waals surface area contributed by atoms with E-state index in [4.69, 9.17) is 0 Å². The molecule has 3 aromatic rings. The standard InChI is InChI=1S/C20H23N5O2/c1-20(2,3)17(26)14-10-21-18-16(14)23-15(11-22-18)25-9-6-13(12-25)19(27)24-7-4-5-8-24/h6,9-12H,4-5,7-8H2,1-3H3,(H,21,22). The Morgan fingerprint density at radius 2 is 1.93 bits per heavy atom. The molecule has 1 aliphatic rings. The Kier molecular flexibility index (Phi) is 4.09. The topological polar surface area (TPSA) is 83.9 Å². The number of ketones is 1. The van der Waals surface area contributed by atoms with Crippen molar-refractivity contribution in [2.45, 2.75) is 33.6 Å². The van der Waals surface area contributed by atoms with E-state index in [1.54, 1.807) is 35.4 Å². The molecule has 7 nitrogen and oxygen atoms in total. The molecule has 0 aromatic carbocycles. The third-order valence-electron chi connectivity index (χ3n) is 4.89. The number of nitrogens with zero attached hydrogens (tertiary/aromatic N) is 4. The van der Waals surface area contributed by atoms with Crippen molar-refractivity contribution in [2.75, 3.05) is 13.1 Å². The van der Waals surface area contributed by atoms with Crippen LogP contribution in [0.3, 0.4) is 0 Å². The lowest BCUT2D eigenvalue weighted by molar-refractivity contribution is 0.0792. The molecule has 0 radical (unpaired) electrons. The molecule has 0 saturated carbocycles. The molecule has 27 heavy (non-hydrogen) atoms. The van der Waals surface area contributed by atoms with Crippen molar-refractivity contribution >= 4 is 22.9 Å². The van der Waals surface area contributed by atoms with E-state index in [2.05, 4.69) is 15.0 Å². The number of hydrogen-bond acceptors (Lipinski definition) is 4. The van der Waals surface area contributed by atoms with Gasteiger partial charge in [0.2, 0.25) is 0 Å². The number of hydrogen-bond donors (Lipinski definition) is 1. The summed E-state index contributed by atoms with van der Waals surface area (Å²) in [6.07, 6.45) is 9.00. The maximum Gasteiger partial charge on any atom is 0.255 e. The summed E-state index contributed by atoms with van der Waals surface area (Å²) in [7, 11) is 0. The van der Waals surface area contributed by atoms with Crippen LogP contribution < -0.4 is 0 Å². The molecule has 7 heteroatoms. The second kappa shape index (κ2) is 6.33. The van der Waals surface area contributed by atoms with Crippen molar-refractivity contribution in [2.24, 2.45) is 5.41 Å². The van der Waals surface area contributed by atoms with Crippen molar-refractivity contribution in [1.29, 1.82) is 0 Å². The summed E-state index contributed by atoms with van der Waals surface area (Å²) in [5.41, 5.74) is 1.79. The van der Waals surface area contributed by atoms with Gasteiger partial charge in [0.1, 0.15) is 5.52 Å². The van der Waals surface area contributed by atoms with Crippen LogP contribution in [-0.2, 0) is 0 Å². The van der Waals surface area contributed by atoms with Gasteiger partial charge in [-0.1, -0.05) is 20.8 Å². The van der Waals surface area contributed by atoms with E-state index >= 15 is 0 Å². The van der Waals surface area contributed by atoms with Crippen molar-refractivity contribution in [3.05, 3.63) is 42.0 Å². The predicted octanol–water partition coefficient (Wildman–Crippen LogP) is 3.21. The lowest BCUT2D eigenvalue weighted by Gasteiger charge is -2.15. The normalized spacial score (nSPS) is 14.9. The first-order chi connectivity index (χ1) is 12.8. The fourth-order valence-corrected chi connectivity index (χ4v) is 3.35. The number of H-pyrrole nitrogens is 1. The fourth-order valence-electron chi connectivity index (χ4n) is 3.35. The van der Waals surface area contributed by atoms with Crippen LogP contribution in [0.15, 0.2) is 30.9 Å². The third-order valence-corrected chi connectivity index (χ3v) is 4.89. The van der Waals surface area contributed by atoms with E-state index in [1.165, 1.54) is 0 Å². The number of carbonyl (C=O) groups excluding carboxylic acids is 2. The minimum absolute atomic E-state index is 0.0117. The molecule has 0 unspecified atom stereocenters. The van der Waals surface area contributed by atoms with Crippen molar-refractivity contribution in [1.82, 2.24) is 24.4 Å². The Hall–Kier alpha value is -2.96. The first kappa shape index (κ1) is 17.5. The Balaban J connectivity index is 1.68. The lowest BCUT2D eigenvalue weighted by Crippen LogP contribution is -2.27. The van der Waals surface area contributed by atoms with E-state index in [0.717, 1.165) is 25.9 Å². The van der Waals surface area contributed by atoms with Gasteiger partial charge < -0.3 is 14.5 Å². The molecule has 3 aromatic heterocycles. The number of carbonyl (C=O) groups is 2. The monoisotopic (exact) mass is 365 g/mol. The van der Waals surface area contributed by atoms with E-state index in [-0.39, 0.29) is 11.7 Å². The largest absolute Gasteiger partial charge is 0.344 e. The zero-order chi connectivity index (χ0) is 19.2. The molecule has 0 aliphatic carbocycles. The molecular weight excluding hydrogens is 342 g/mol. The van der Waals surface area contributed by atoms with E-state index in [1.807, 2.05) is 25.7 Å². The van der Waals surface area contributed by atoms with Crippen molar-refractivity contribution in [3.63, 3.8) is 0 Å². The molecule has 4 rings (SSSR count). The molecule has 0 atom stereocenters. The highest BCUT2D eigenvalue weighted by atomic mass is 16.2. The summed E-state index contributed by atoms with van der Waals surface area (Å²) in [5, 5.41) is 0. The second-order valence-corrected chi connectivity index (χ2v) is 8.01. The fraction of sp³-hybridized carbons (Fsp3) is 0.400. The van der Waals surface area contributed by atoms with Crippen LogP contribution in [0, 0.1) is 5.41 Å². The van der Waals surface area contributed by atoms with Crippen LogP contribution in [0.25, 0.3) is 17.0 Å². The highest BCUT2D eigenvalue weighted by Crippen LogP contribution is 2.25. The highest BCUT2D eigenvalue weighted by Gasteiger charge is 2.26. The molecule has 1 fully saturated rings. The molecule has 1 saturated heterocycles. The predicted molar refractivity (Wildman–Crippen MR) is 102 cm³/mol. The average molecular weight is 365 g/mol. The van der Waals surface area contributed by atoms with Crippen LogP contribution in [0.5, 0.6) is 0 Å². The van der Waals surface area contributed by atoms with Gasteiger partial charge >= 0.3 is 0 Å². The Morgan fingerprint density at radius 1 is 1.19 bits per heavy atom. The van der Waals surface area contributed by atoms with Crippen LogP contribution in [0.1, 0.15) is 54.3 Å². The van der Waals surface area contributed by atoms with Gasteiger partial charge in [0.05, 0.1) is 17.3 Å². The highest BCUT2D eigenvalue weighted by molar-refractivity contribution is 6.08. The van der Waals surface area contributed by atoms with E-state index in [0.29, 0.717) is 28.1 Å². The first-order valence-electron chi connectivity index (χ1n) is 9.21. The number of Topliss-reactive ketones (excluding diaryl/α,β-unsaturated/α-hetero) is 1. The smallest absolute Gasteiger partial charge is 0.255 e. The maximum atomic E-state index is 12.7. The molecular formula is C20H23N5O2. The molecule has 4 heterocycles. The number of likely N-dealkylation sites (tertiary alicyclic amines) is 1. The summed E-state index contributed by atoms with van der Waals surface area (Å²) in [6.45, 7) is 7.28.